The highest BCUT2D eigenvalue weighted by Crippen LogP contribution is 2.31. The van der Waals surface area contributed by atoms with Crippen LogP contribution in [0.25, 0.3) is 0 Å². The Kier molecular flexibility index (Phi) is 6.28. The molecule has 1 saturated heterocycles. The first kappa shape index (κ1) is 19.1. The third-order valence-corrected chi connectivity index (χ3v) is 4.06. The van der Waals surface area contributed by atoms with E-state index in [1.807, 2.05) is 0 Å². The van der Waals surface area contributed by atoms with Crippen molar-refractivity contribution in [3.8, 4) is 0 Å². The van der Waals surface area contributed by atoms with Gasteiger partial charge in [0, 0.05) is 13.2 Å². The Morgan fingerprint density at radius 3 is 2.84 bits per heavy atom. The van der Waals surface area contributed by atoms with E-state index in [1.54, 1.807) is 0 Å². The zero-order chi connectivity index (χ0) is 18.6. The Bertz CT molecular complexity index is 606. The van der Waals surface area contributed by atoms with Gasteiger partial charge in [-0.25, -0.2) is 9.59 Å². The number of urea groups is 1. The number of carbonyl (C=O) groups is 2. The van der Waals surface area contributed by atoms with E-state index in [0.717, 1.165) is 0 Å². The van der Waals surface area contributed by atoms with Gasteiger partial charge in [-0.1, -0.05) is 5.16 Å². The standard InChI is InChI=1S/C14H23N5O6/c1-7(21)10(13(22)23)16-14(24)19-5-2-3-9(19)12-17-11(18-25-12)8(15)4-6-20/h7-10,20-21H,2-6,15H2,1H3,(H,16,24)(H,22,23)/t7?,8-,9-,10-/m0/s1. The van der Waals surface area contributed by atoms with Crippen molar-refractivity contribution in [3.05, 3.63) is 11.7 Å². The molecule has 1 unspecified atom stereocenters. The van der Waals surface area contributed by atoms with Gasteiger partial charge in [-0.15, -0.1) is 0 Å². The quantitative estimate of drug-likeness (QED) is 0.415. The van der Waals surface area contributed by atoms with Crippen molar-refractivity contribution in [1.82, 2.24) is 20.4 Å². The predicted molar refractivity (Wildman–Crippen MR) is 83.2 cm³/mol. The summed E-state index contributed by atoms with van der Waals surface area (Å²) >= 11 is 0. The van der Waals surface area contributed by atoms with Gasteiger partial charge in [0.15, 0.2) is 11.9 Å². The summed E-state index contributed by atoms with van der Waals surface area (Å²) in [6, 6.07) is -3.11. The summed E-state index contributed by atoms with van der Waals surface area (Å²) in [5, 5.41) is 33.5. The van der Waals surface area contributed by atoms with Crippen molar-refractivity contribution in [2.45, 2.75) is 50.4 Å². The summed E-state index contributed by atoms with van der Waals surface area (Å²) in [5.41, 5.74) is 5.81. The molecule has 1 aromatic heterocycles. The highest BCUT2D eigenvalue weighted by atomic mass is 16.5. The van der Waals surface area contributed by atoms with Gasteiger partial charge in [0.2, 0.25) is 5.89 Å². The Morgan fingerprint density at radius 2 is 2.24 bits per heavy atom. The largest absolute Gasteiger partial charge is 0.480 e. The van der Waals surface area contributed by atoms with Crippen molar-refractivity contribution in [3.63, 3.8) is 0 Å². The third kappa shape index (κ3) is 4.44. The predicted octanol–water partition coefficient (Wildman–Crippen LogP) is -0.868. The number of carboxylic acids is 1. The second kappa shape index (κ2) is 8.23. The number of nitrogens with zero attached hydrogens (tertiary/aromatic N) is 3. The fourth-order valence-corrected chi connectivity index (χ4v) is 2.67. The van der Waals surface area contributed by atoms with Crippen LogP contribution in [0.3, 0.4) is 0 Å². The van der Waals surface area contributed by atoms with Gasteiger partial charge in [-0.2, -0.15) is 4.98 Å². The molecule has 0 bridgehead atoms. The Balaban J connectivity index is 2.09. The Morgan fingerprint density at radius 1 is 1.52 bits per heavy atom. The van der Waals surface area contributed by atoms with E-state index < -0.39 is 36.2 Å². The number of nitrogens with one attached hydrogen (secondary N) is 1. The first-order chi connectivity index (χ1) is 11.8. The first-order valence-corrected chi connectivity index (χ1v) is 8.03. The van der Waals surface area contributed by atoms with Gasteiger partial charge >= 0.3 is 12.0 Å². The Hall–Kier alpha value is -2.24. The molecule has 1 aromatic rings. The van der Waals surface area contributed by atoms with E-state index in [0.29, 0.717) is 19.4 Å². The Labute approximate surface area is 143 Å². The zero-order valence-electron chi connectivity index (χ0n) is 13.8. The molecule has 11 heteroatoms. The summed E-state index contributed by atoms with van der Waals surface area (Å²) in [6.45, 7) is 1.56. The molecule has 2 rings (SSSR count). The number of aliphatic hydroxyl groups is 2. The normalized spacial score (nSPS) is 21.0. The lowest BCUT2D eigenvalue weighted by Gasteiger charge is -2.25. The molecule has 11 nitrogen and oxygen atoms in total. The van der Waals surface area contributed by atoms with E-state index in [-0.39, 0.29) is 24.7 Å². The highest BCUT2D eigenvalue weighted by molar-refractivity contribution is 5.83. The summed E-state index contributed by atoms with van der Waals surface area (Å²) < 4.78 is 5.19. The van der Waals surface area contributed by atoms with E-state index in [9.17, 15) is 14.7 Å². The van der Waals surface area contributed by atoms with Crippen molar-refractivity contribution < 1.29 is 29.4 Å². The lowest BCUT2D eigenvalue weighted by atomic mass is 10.2. The van der Waals surface area contributed by atoms with Crippen molar-refractivity contribution in [1.29, 1.82) is 0 Å². The van der Waals surface area contributed by atoms with Crippen molar-refractivity contribution >= 4 is 12.0 Å². The van der Waals surface area contributed by atoms with Gasteiger partial charge < -0.3 is 35.8 Å². The minimum atomic E-state index is -1.41. The van der Waals surface area contributed by atoms with Crippen LogP contribution in [-0.4, -0.2) is 67.7 Å². The van der Waals surface area contributed by atoms with Crippen LogP contribution in [0.15, 0.2) is 4.52 Å². The lowest BCUT2D eigenvalue weighted by molar-refractivity contribution is -0.141. The second-order valence-electron chi connectivity index (χ2n) is 5.97. The fraction of sp³-hybridized carbons (Fsp3) is 0.714. The first-order valence-electron chi connectivity index (χ1n) is 8.03. The van der Waals surface area contributed by atoms with E-state index >= 15 is 0 Å². The van der Waals surface area contributed by atoms with E-state index in [4.69, 9.17) is 20.5 Å². The molecule has 0 radical (unpaired) electrons. The number of carboxylic acid groups (broad SMARTS) is 1. The molecule has 0 spiro atoms. The van der Waals surface area contributed by atoms with E-state index in [1.165, 1.54) is 11.8 Å². The van der Waals surface area contributed by atoms with Crippen LogP contribution in [0.5, 0.6) is 0 Å². The molecule has 25 heavy (non-hydrogen) atoms. The zero-order valence-corrected chi connectivity index (χ0v) is 13.8. The second-order valence-corrected chi connectivity index (χ2v) is 5.97. The number of likely N-dealkylation sites (tertiary alicyclic amines) is 1. The van der Waals surface area contributed by atoms with Crippen LogP contribution in [0.2, 0.25) is 0 Å². The molecule has 140 valence electrons. The monoisotopic (exact) mass is 357 g/mol. The van der Waals surface area contributed by atoms with Crippen molar-refractivity contribution in [2.24, 2.45) is 5.73 Å². The SMILES string of the molecule is CC(O)[C@H](NC(=O)N1CCC[C@H]1c1nc([C@@H](N)CCO)no1)C(=O)O. The number of aliphatic hydroxyl groups excluding tert-OH is 2. The van der Waals surface area contributed by atoms with Gasteiger partial charge in [0.1, 0.15) is 6.04 Å². The van der Waals surface area contributed by atoms with Crippen LogP contribution < -0.4 is 11.1 Å². The number of hydrogen-bond donors (Lipinski definition) is 5. The summed E-state index contributed by atoms with van der Waals surface area (Å²) in [4.78, 5) is 29.1. The molecule has 1 aliphatic rings. The topological polar surface area (TPSA) is 175 Å². The van der Waals surface area contributed by atoms with Crippen LogP contribution >= 0.6 is 0 Å². The van der Waals surface area contributed by atoms with Gasteiger partial charge in [0.05, 0.1) is 12.1 Å². The van der Waals surface area contributed by atoms with Crippen LogP contribution in [-0.2, 0) is 4.79 Å². The van der Waals surface area contributed by atoms with Crippen LogP contribution in [0, 0.1) is 0 Å². The summed E-state index contributed by atoms with van der Waals surface area (Å²) in [7, 11) is 0. The summed E-state index contributed by atoms with van der Waals surface area (Å²) in [5.74, 6) is -0.877. The van der Waals surface area contributed by atoms with Gasteiger partial charge in [0.25, 0.3) is 0 Å². The van der Waals surface area contributed by atoms with Crippen LogP contribution in [0.4, 0.5) is 4.79 Å². The number of aliphatic carboxylic acids is 1. The number of rotatable bonds is 7. The molecule has 1 aliphatic heterocycles. The molecular formula is C14H23N5O6. The lowest BCUT2D eigenvalue weighted by Crippen LogP contribution is -2.52. The number of hydrogen-bond acceptors (Lipinski definition) is 8. The molecule has 2 heterocycles. The summed E-state index contributed by atoms with van der Waals surface area (Å²) in [6.07, 6.45) is 0.304. The molecule has 1 fully saturated rings. The van der Waals surface area contributed by atoms with Gasteiger partial charge in [-0.05, 0) is 26.2 Å². The molecule has 0 saturated carbocycles. The number of amides is 2. The maximum Gasteiger partial charge on any atom is 0.328 e. The molecule has 0 aliphatic carbocycles. The van der Waals surface area contributed by atoms with E-state index in [2.05, 4.69) is 15.5 Å². The highest BCUT2D eigenvalue weighted by Gasteiger charge is 2.36. The van der Waals surface area contributed by atoms with Crippen LogP contribution in [0.1, 0.15) is 50.0 Å². The average molecular weight is 357 g/mol. The van der Waals surface area contributed by atoms with Crippen molar-refractivity contribution in [2.75, 3.05) is 13.2 Å². The maximum atomic E-state index is 12.4. The smallest absolute Gasteiger partial charge is 0.328 e. The number of nitrogens with two attached hydrogens (primary N) is 1. The number of carbonyl (C=O) groups excluding carboxylic acids is 1. The minimum absolute atomic E-state index is 0.112. The molecular weight excluding hydrogens is 334 g/mol. The molecule has 2 amide bonds. The molecule has 6 N–H and O–H groups in total. The number of aromatic nitrogens is 2. The fourth-order valence-electron chi connectivity index (χ4n) is 2.67. The molecule has 4 atom stereocenters. The maximum absolute atomic E-state index is 12.4. The third-order valence-electron chi connectivity index (χ3n) is 4.06. The average Bonchev–Trinajstić information content (AvgIpc) is 3.20. The van der Waals surface area contributed by atoms with Gasteiger partial charge in [-0.3, -0.25) is 0 Å². The molecule has 0 aromatic carbocycles. The minimum Gasteiger partial charge on any atom is -0.480 e.